The molecule has 0 aliphatic rings. The highest BCUT2D eigenvalue weighted by Crippen LogP contribution is 2.28. The van der Waals surface area contributed by atoms with E-state index in [1.807, 2.05) is 6.07 Å². The molecule has 2 heteroatoms. The highest BCUT2D eigenvalue weighted by atomic mass is 19.1. The van der Waals surface area contributed by atoms with Crippen LogP contribution in [0.1, 0.15) is 69.4 Å². The van der Waals surface area contributed by atoms with Crippen LogP contribution in [0.3, 0.4) is 0 Å². The molecule has 0 radical (unpaired) electrons. The van der Waals surface area contributed by atoms with E-state index >= 15 is 0 Å². The number of aromatic nitrogens is 1. The van der Waals surface area contributed by atoms with Gasteiger partial charge in [-0.2, -0.15) is 0 Å². The molecule has 1 aromatic heterocycles. The zero-order valence-corrected chi connectivity index (χ0v) is 10.2. The lowest BCUT2D eigenvalue weighted by atomic mass is 9.94. The number of hydrogen-bond acceptors (Lipinski definition) is 1. The van der Waals surface area contributed by atoms with Crippen molar-refractivity contribution in [2.75, 3.05) is 0 Å². The first kappa shape index (κ1) is 12.2. The maximum Gasteiger partial charge on any atom is 0.124 e. The van der Waals surface area contributed by atoms with E-state index in [9.17, 15) is 4.39 Å². The lowest BCUT2D eigenvalue weighted by Crippen LogP contribution is -2.03. The van der Waals surface area contributed by atoms with Gasteiger partial charge in [-0.15, -0.1) is 0 Å². The molecule has 0 saturated carbocycles. The van der Waals surface area contributed by atoms with Crippen LogP contribution in [0, 0.1) is 0 Å². The Labute approximate surface area is 91.7 Å². The van der Waals surface area contributed by atoms with E-state index in [1.54, 1.807) is 13.1 Å². The van der Waals surface area contributed by atoms with Gasteiger partial charge in [0.2, 0.25) is 0 Å². The fraction of sp³-hybridized carbons (Fsp3) is 0.615. The third kappa shape index (κ3) is 2.77. The predicted octanol–water partition coefficient (Wildman–Crippen LogP) is 4.36. The van der Waals surface area contributed by atoms with Crippen LogP contribution in [0.2, 0.25) is 0 Å². The minimum absolute atomic E-state index is 0.346. The zero-order valence-electron chi connectivity index (χ0n) is 10.2. The molecular formula is C13H20FN. The summed E-state index contributed by atoms with van der Waals surface area (Å²) in [6.07, 6.45) is 0.756. The smallest absolute Gasteiger partial charge is 0.124 e. The molecule has 0 amide bonds. The summed E-state index contributed by atoms with van der Waals surface area (Å²) in [4.78, 5) is 4.30. The Morgan fingerprint density at radius 3 is 2.00 bits per heavy atom. The molecule has 1 heterocycles. The zero-order chi connectivity index (χ0) is 11.6. The maximum atomic E-state index is 13.3. The van der Waals surface area contributed by atoms with Crippen LogP contribution in [0.4, 0.5) is 4.39 Å². The van der Waals surface area contributed by atoms with E-state index in [-0.39, 0.29) is 0 Å². The van der Waals surface area contributed by atoms with Gasteiger partial charge >= 0.3 is 0 Å². The molecule has 1 nitrogen and oxygen atoms in total. The Kier molecular flexibility index (Phi) is 3.83. The lowest BCUT2D eigenvalue weighted by molar-refractivity contribution is 0.369. The summed E-state index contributed by atoms with van der Waals surface area (Å²) in [5.74, 6) is 0.741. The molecule has 84 valence electrons. The first-order valence-electron chi connectivity index (χ1n) is 5.57. The summed E-state index contributed by atoms with van der Waals surface area (Å²) in [6.45, 7) is 9.95. The molecule has 0 aromatic carbocycles. The average Bonchev–Trinajstić information content (AvgIpc) is 2.16. The fourth-order valence-electron chi connectivity index (χ4n) is 1.65. The summed E-state index contributed by atoms with van der Waals surface area (Å²) < 4.78 is 13.3. The van der Waals surface area contributed by atoms with Gasteiger partial charge in [0.15, 0.2) is 0 Å². The number of nitrogens with zero attached hydrogens (tertiary/aromatic N) is 1. The molecule has 15 heavy (non-hydrogen) atoms. The molecule has 0 spiro atoms. The van der Waals surface area contributed by atoms with Gasteiger partial charge in [0.25, 0.3) is 0 Å². The van der Waals surface area contributed by atoms with Crippen LogP contribution in [0.5, 0.6) is 0 Å². The molecule has 0 bridgehead atoms. The standard InChI is InChI=1S/C13H20FN/c1-8(2)11-6-13(9(3)4)15-7-12(11)10(5)14/h6-10H,1-5H3. The van der Waals surface area contributed by atoms with Crippen molar-refractivity contribution >= 4 is 0 Å². The molecule has 1 aromatic rings. The van der Waals surface area contributed by atoms with Crippen LogP contribution in [0.25, 0.3) is 0 Å². The molecule has 0 saturated heterocycles. The molecular weight excluding hydrogens is 189 g/mol. The second kappa shape index (κ2) is 4.73. The Morgan fingerprint density at radius 1 is 1.00 bits per heavy atom. The van der Waals surface area contributed by atoms with Crippen molar-refractivity contribution in [2.45, 2.75) is 52.6 Å². The van der Waals surface area contributed by atoms with Crippen LogP contribution in [0.15, 0.2) is 12.3 Å². The number of rotatable bonds is 3. The lowest BCUT2D eigenvalue weighted by Gasteiger charge is -2.16. The molecule has 0 N–H and O–H groups in total. The topological polar surface area (TPSA) is 12.9 Å². The Balaban J connectivity index is 3.21. The highest BCUT2D eigenvalue weighted by molar-refractivity contribution is 5.31. The van der Waals surface area contributed by atoms with E-state index in [0.717, 1.165) is 16.8 Å². The largest absolute Gasteiger partial charge is 0.261 e. The molecule has 0 aliphatic heterocycles. The van der Waals surface area contributed by atoms with Gasteiger partial charge in [-0.3, -0.25) is 4.98 Å². The number of alkyl halides is 1. The van der Waals surface area contributed by atoms with Crippen molar-refractivity contribution < 1.29 is 4.39 Å². The third-order valence-corrected chi connectivity index (χ3v) is 2.63. The van der Waals surface area contributed by atoms with E-state index in [4.69, 9.17) is 0 Å². The molecule has 0 fully saturated rings. The van der Waals surface area contributed by atoms with Gasteiger partial charge in [-0.1, -0.05) is 27.7 Å². The van der Waals surface area contributed by atoms with Gasteiger partial charge < -0.3 is 0 Å². The third-order valence-electron chi connectivity index (χ3n) is 2.63. The predicted molar refractivity (Wildman–Crippen MR) is 61.9 cm³/mol. The summed E-state index contributed by atoms with van der Waals surface area (Å²) in [5.41, 5.74) is 2.86. The van der Waals surface area contributed by atoms with Gasteiger partial charge in [-0.25, -0.2) is 4.39 Å². The van der Waals surface area contributed by atoms with Crippen LogP contribution < -0.4 is 0 Å². The summed E-state index contributed by atoms with van der Waals surface area (Å²) in [7, 11) is 0. The van der Waals surface area contributed by atoms with Gasteiger partial charge in [0.05, 0.1) is 0 Å². The van der Waals surface area contributed by atoms with Gasteiger partial charge in [0.1, 0.15) is 6.17 Å². The van der Waals surface area contributed by atoms with E-state index < -0.39 is 6.17 Å². The Hall–Kier alpha value is -0.920. The first-order valence-corrected chi connectivity index (χ1v) is 5.57. The number of halogens is 1. The molecule has 1 unspecified atom stereocenters. The minimum atomic E-state index is -0.934. The Bertz CT molecular complexity index is 329. The quantitative estimate of drug-likeness (QED) is 0.720. The summed E-state index contributed by atoms with van der Waals surface area (Å²) in [5, 5.41) is 0. The normalized spacial score (nSPS) is 13.6. The monoisotopic (exact) mass is 209 g/mol. The number of hydrogen-bond donors (Lipinski definition) is 0. The van der Waals surface area contributed by atoms with Crippen molar-refractivity contribution in [3.05, 3.63) is 29.1 Å². The van der Waals surface area contributed by atoms with Crippen LogP contribution in [-0.2, 0) is 0 Å². The van der Waals surface area contributed by atoms with E-state index in [1.165, 1.54) is 0 Å². The van der Waals surface area contributed by atoms with Gasteiger partial charge in [0, 0.05) is 17.5 Å². The summed E-state index contributed by atoms with van der Waals surface area (Å²) >= 11 is 0. The maximum absolute atomic E-state index is 13.3. The van der Waals surface area contributed by atoms with Crippen molar-refractivity contribution in [1.82, 2.24) is 4.98 Å². The Morgan fingerprint density at radius 2 is 1.60 bits per heavy atom. The van der Waals surface area contributed by atoms with Crippen molar-refractivity contribution in [3.63, 3.8) is 0 Å². The van der Waals surface area contributed by atoms with Gasteiger partial charge in [-0.05, 0) is 30.4 Å². The average molecular weight is 209 g/mol. The van der Waals surface area contributed by atoms with Crippen molar-refractivity contribution in [3.8, 4) is 0 Å². The highest BCUT2D eigenvalue weighted by Gasteiger charge is 2.14. The van der Waals surface area contributed by atoms with E-state index in [0.29, 0.717) is 11.8 Å². The van der Waals surface area contributed by atoms with Crippen LogP contribution in [-0.4, -0.2) is 4.98 Å². The molecule has 0 aliphatic carbocycles. The molecule has 1 atom stereocenters. The first-order chi connectivity index (χ1) is 6.93. The minimum Gasteiger partial charge on any atom is -0.261 e. The second-order valence-electron chi connectivity index (χ2n) is 4.66. The van der Waals surface area contributed by atoms with Crippen molar-refractivity contribution in [2.24, 2.45) is 0 Å². The van der Waals surface area contributed by atoms with E-state index in [2.05, 4.69) is 32.7 Å². The second-order valence-corrected chi connectivity index (χ2v) is 4.66. The van der Waals surface area contributed by atoms with Crippen molar-refractivity contribution in [1.29, 1.82) is 0 Å². The van der Waals surface area contributed by atoms with Crippen LogP contribution >= 0.6 is 0 Å². The summed E-state index contributed by atoms with van der Waals surface area (Å²) in [6, 6.07) is 2.04. The molecule has 1 rings (SSSR count). The number of pyridine rings is 1. The fourth-order valence-corrected chi connectivity index (χ4v) is 1.65. The SMILES string of the molecule is CC(C)c1cc(C(C)C)c(C(C)F)cn1.